The number of ether oxygens (including phenoxy) is 8. The second-order valence-corrected chi connectivity index (χ2v) is 12.6. The second-order valence-electron chi connectivity index (χ2n) is 12.6. The lowest BCUT2D eigenvalue weighted by Gasteiger charge is -2.24. The molecular formula is C41H58O16. The van der Waals surface area contributed by atoms with E-state index in [9.17, 15) is 38.4 Å². The largest absolute Gasteiger partial charge is 0.469 e. The van der Waals surface area contributed by atoms with Gasteiger partial charge in [0.15, 0.2) is 0 Å². The van der Waals surface area contributed by atoms with E-state index in [-0.39, 0.29) is 72.8 Å². The zero-order valence-electron chi connectivity index (χ0n) is 33.3. The van der Waals surface area contributed by atoms with Crippen LogP contribution in [-0.2, 0) is 66.7 Å². The third kappa shape index (κ3) is 17.4. The van der Waals surface area contributed by atoms with Gasteiger partial charge < -0.3 is 37.9 Å². The minimum atomic E-state index is -0.429. The first-order valence-corrected chi connectivity index (χ1v) is 17.9. The molecule has 318 valence electrons. The quantitative estimate of drug-likeness (QED) is 0.192. The van der Waals surface area contributed by atoms with Gasteiger partial charge in [-0.25, -0.2) is 14.4 Å². The Morgan fingerprint density at radius 1 is 0.421 bits per heavy atom. The standard InChI is InChI=1S/C10H16O4.2C10H14O4.C10H10O4.CH4/c4*1-13-9(11)7-3-5-8(6-4-7)10(12)14-2;/h7-8H,3-6H2,1-2H3;3,8H,4-6H2,1-2H3;3,5,7-8H,4,6H2,1-2H3;3-6H,1-2H3;1H4. The van der Waals surface area contributed by atoms with Crippen LogP contribution in [-0.4, -0.2) is 105 Å². The highest BCUT2D eigenvalue weighted by molar-refractivity contribution is 5.93. The number of hydrogen-bond acceptors (Lipinski definition) is 16. The van der Waals surface area contributed by atoms with Gasteiger partial charge in [-0.15, -0.1) is 0 Å². The van der Waals surface area contributed by atoms with Crippen LogP contribution in [0.25, 0.3) is 0 Å². The van der Waals surface area contributed by atoms with Gasteiger partial charge in [-0.05, 0) is 82.1 Å². The summed E-state index contributed by atoms with van der Waals surface area (Å²) in [6.45, 7) is 0. The Bertz CT molecular complexity index is 1450. The summed E-state index contributed by atoms with van der Waals surface area (Å²) in [5.74, 6) is -2.74. The average molecular weight is 807 g/mol. The Morgan fingerprint density at radius 3 is 1.02 bits per heavy atom. The van der Waals surface area contributed by atoms with Crippen molar-refractivity contribution in [3.05, 3.63) is 59.2 Å². The summed E-state index contributed by atoms with van der Waals surface area (Å²) in [6, 6.07) is 6.05. The number of rotatable bonds is 8. The first kappa shape index (κ1) is 51.5. The summed E-state index contributed by atoms with van der Waals surface area (Å²) in [7, 11) is 10.9. The van der Waals surface area contributed by atoms with Gasteiger partial charge in [-0.2, -0.15) is 0 Å². The first-order chi connectivity index (χ1) is 26.7. The molecule has 3 unspecified atom stereocenters. The third-order valence-electron chi connectivity index (χ3n) is 9.29. The van der Waals surface area contributed by atoms with E-state index < -0.39 is 11.9 Å². The number of methoxy groups -OCH3 is 8. The molecule has 0 aliphatic heterocycles. The molecule has 1 saturated carbocycles. The minimum Gasteiger partial charge on any atom is -0.469 e. The van der Waals surface area contributed by atoms with Crippen LogP contribution in [0.5, 0.6) is 0 Å². The fourth-order valence-corrected chi connectivity index (χ4v) is 5.92. The Kier molecular flexibility index (Phi) is 25.2. The predicted octanol–water partition coefficient (Wildman–Crippen LogP) is 5.01. The molecule has 57 heavy (non-hydrogen) atoms. The van der Waals surface area contributed by atoms with E-state index >= 15 is 0 Å². The van der Waals surface area contributed by atoms with Crippen molar-refractivity contribution >= 4 is 47.8 Å². The van der Waals surface area contributed by atoms with Crippen molar-refractivity contribution in [2.24, 2.45) is 29.6 Å². The molecule has 16 nitrogen and oxygen atoms in total. The van der Waals surface area contributed by atoms with Crippen LogP contribution in [0.15, 0.2) is 48.1 Å². The van der Waals surface area contributed by atoms with Crippen LogP contribution in [0.2, 0.25) is 0 Å². The van der Waals surface area contributed by atoms with E-state index in [1.807, 2.05) is 0 Å². The van der Waals surface area contributed by atoms with Gasteiger partial charge in [-0.3, -0.25) is 24.0 Å². The zero-order valence-corrected chi connectivity index (χ0v) is 33.3. The van der Waals surface area contributed by atoms with Crippen molar-refractivity contribution in [3.63, 3.8) is 0 Å². The van der Waals surface area contributed by atoms with Crippen LogP contribution in [0, 0.1) is 29.6 Å². The highest BCUT2D eigenvalue weighted by atomic mass is 16.5. The first-order valence-electron chi connectivity index (χ1n) is 17.9. The van der Waals surface area contributed by atoms with Gasteiger partial charge >= 0.3 is 47.8 Å². The number of carbonyl (C=O) groups excluding carboxylic acids is 8. The van der Waals surface area contributed by atoms with Crippen LogP contribution in [0.3, 0.4) is 0 Å². The van der Waals surface area contributed by atoms with Crippen molar-refractivity contribution in [1.82, 2.24) is 0 Å². The Hall–Kier alpha value is -5.54. The molecule has 3 atom stereocenters. The van der Waals surface area contributed by atoms with Crippen molar-refractivity contribution in [2.75, 3.05) is 56.9 Å². The topological polar surface area (TPSA) is 210 Å². The lowest BCUT2D eigenvalue weighted by molar-refractivity contribution is -0.151. The Morgan fingerprint density at radius 2 is 0.754 bits per heavy atom. The average Bonchev–Trinajstić information content (AvgIpc) is 3.27. The van der Waals surface area contributed by atoms with Crippen molar-refractivity contribution in [1.29, 1.82) is 0 Å². The fraction of sp³-hybridized carbons (Fsp3) is 0.561. The summed E-state index contributed by atoms with van der Waals surface area (Å²) < 4.78 is 36.8. The van der Waals surface area contributed by atoms with Crippen LogP contribution in [0.1, 0.15) is 85.9 Å². The highest BCUT2D eigenvalue weighted by Gasteiger charge is 2.31. The number of esters is 8. The normalized spacial score (nSPS) is 20.3. The van der Waals surface area contributed by atoms with Crippen LogP contribution >= 0.6 is 0 Å². The Balaban J connectivity index is 0.000000729. The summed E-state index contributed by atoms with van der Waals surface area (Å²) in [5.41, 5.74) is 1.47. The van der Waals surface area contributed by atoms with Crippen molar-refractivity contribution in [3.8, 4) is 0 Å². The summed E-state index contributed by atoms with van der Waals surface area (Å²) in [5, 5.41) is 0. The molecule has 0 aromatic heterocycles. The molecule has 1 aromatic rings. The van der Waals surface area contributed by atoms with Gasteiger partial charge in [0.2, 0.25) is 0 Å². The Labute approximate surface area is 334 Å². The van der Waals surface area contributed by atoms with E-state index in [1.54, 1.807) is 18.2 Å². The van der Waals surface area contributed by atoms with Gasteiger partial charge in [0.25, 0.3) is 0 Å². The van der Waals surface area contributed by atoms with Gasteiger partial charge in [0, 0.05) is 5.57 Å². The lowest BCUT2D eigenvalue weighted by atomic mass is 9.82. The zero-order chi connectivity index (χ0) is 42.2. The van der Waals surface area contributed by atoms with Crippen molar-refractivity contribution < 1.29 is 76.3 Å². The van der Waals surface area contributed by atoms with E-state index in [2.05, 4.69) is 37.9 Å². The maximum atomic E-state index is 11.2. The van der Waals surface area contributed by atoms with Crippen molar-refractivity contribution in [2.45, 2.75) is 65.2 Å². The number of hydrogen-bond donors (Lipinski definition) is 0. The monoisotopic (exact) mass is 806 g/mol. The summed E-state index contributed by atoms with van der Waals surface area (Å²) in [6.07, 6.45) is 11.2. The molecule has 3 aliphatic rings. The minimum absolute atomic E-state index is 0. The molecule has 0 radical (unpaired) electrons. The SMILES string of the molecule is C.COC(=O)C1=CCC(C(=O)OC)CC1.COC(=O)C1C=CC(C(=O)OC)CC1.COC(=O)C1CCC(C(=O)OC)CC1.COC(=O)c1ccc(C(=O)OC)cc1. The fourth-order valence-electron chi connectivity index (χ4n) is 5.92. The lowest BCUT2D eigenvalue weighted by Crippen LogP contribution is -2.27. The molecular weight excluding hydrogens is 748 g/mol. The van der Waals surface area contributed by atoms with Gasteiger partial charge in [0.05, 0.1) is 97.6 Å². The molecule has 3 aliphatic carbocycles. The van der Waals surface area contributed by atoms with E-state index in [0.717, 1.165) is 25.7 Å². The summed E-state index contributed by atoms with van der Waals surface area (Å²) >= 11 is 0. The van der Waals surface area contributed by atoms with E-state index in [4.69, 9.17) is 0 Å². The second kappa shape index (κ2) is 27.9. The predicted molar refractivity (Wildman–Crippen MR) is 204 cm³/mol. The molecule has 0 amide bonds. The molecule has 1 aromatic carbocycles. The number of allylic oxidation sites excluding steroid dienone is 1. The van der Waals surface area contributed by atoms with Gasteiger partial charge in [-0.1, -0.05) is 25.7 Å². The molecule has 1 fully saturated rings. The maximum absolute atomic E-state index is 11.2. The third-order valence-corrected chi connectivity index (χ3v) is 9.29. The smallest absolute Gasteiger partial charge is 0.337 e. The molecule has 0 bridgehead atoms. The van der Waals surface area contributed by atoms with Gasteiger partial charge in [0.1, 0.15) is 0 Å². The number of carbonyl (C=O) groups is 8. The van der Waals surface area contributed by atoms with E-state index in [0.29, 0.717) is 48.8 Å². The highest BCUT2D eigenvalue weighted by Crippen LogP contribution is 2.30. The molecule has 0 heterocycles. The molecule has 0 saturated heterocycles. The molecule has 4 rings (SSSR count). The number of benzene rings is 1. The van der Waals surface area contributed by atoms with E-state index in [1.165, 1.54) is 81.1 Å². The molecule has 0 N–H and O–H groups in total. The maximum Gasteiger partial charge on any atom is 0.337 e. The molecule has 16 heteroatoms. The van der Waals surface area contributed by atoms with Crippen LogP contribution < -0.4 is 0 Å². The summed E-state index contributed by atoms with van der Waals surface area (Å²) in [4.78, 5) is 88.9. The van der Waals surface area contributed by atoms with Crippen LogP contribution in [0.4, 0.5) is 0 Å². The molecule has 0 spiro atoms.